The van der Waals surface area contributed by atoms with Crippen LogP contribution in [0, 0.1) is 11.3 Å². The molecule has 1 aromatic carbocycles. The lowest BCUT2D eigenvalue weighted by atomic mass is 9.99. The average molecular weight is 255 g/mol. The van der Waals surface area contributed by atoms with Gasteiger partial charge in [-0.15, -0.1) is 0 Å². The number of benzene rings is 1. The van der Waals surface area contributed by atoms with Crippen LogP contribution in [0.25, 0.3) is 0 Å². The summed E-state index contributed by atoms with van der Waals surface area (Å²) in [5, 5.41) is 12.9. The molecule has 0 radical (unpaired) electrons. The highest BCUT2D eigenvalue weighted by Gasteiger charge is 2.33. The van der Waals surface area contributed by atoms with E-state index in [2.05, 4.69) is 40.6 Å². The van der Waals surface area contributed by atoms with Crippen LogP contribution in [0.5, 0.6) is 0 Å². The van der Waals surface area contributed by atoms with Gasteiger partial charge in [0.25, 0.3) is 0 Å². The fraction of sp³-hybridized carbons (Fsp3) is 0.562. The van der Waals surface area contributed by atoms with Gasteiger partial charge >= 0.3 is 0 Å². The van der Waals surface area contributed by atoms with Crippen LogP contribution in [-0.2, 0) is 13.1 Å². The normalized spacial score (nSPS) is 21.7. The SMILES string of the molecule is CC(C#N)(CCN1Cc2ccccc2C1)NC1CC1. The molecule has 1 aliphatic carbocycles. The molecular formula is C16H21N3. The molecule has 2 aliphatic rings. The smallest absolute Gasteiger partial charge is 0.105 e. The van der Waals surface area contributed by atoms with E-state index in [1.54, 1.807) is 0 Å². The first kappa shape index (κ1) is 12.7. The van der Waals surface area contributed by atoms with Crippen LogP contribution >= 0.6 is 0 Å². The largest absolute Gasteiger partial charge is 0.297 e. The summed E-state index contributed by atoms with van der Waals surface area (Å²) >= 11 is 0. The summed E-state index contributed by atoms with van der Waals surface area (Å²) in [6.45, 7) is 5.08. The van der Waals surface area contributed by atoms with Gasteiger partial charge in [-0.05, 0) is 37.3 Å². The van der Waals surface area contributed by atoms with Crippen LogP contribution in [0.4, 0.5) is 0 Å². The van der Waals surface area contributed by atoms with Crippen LogP contribution in [0.15, 0.2) is 24.3 Å². The number of hydrogen-bond donors (Lipinski definition) is 1. The number of nitriles is 1. The van der Waals surface area contributed by atoms with Crippen molar-refractivity contribution in [2.45, 2.75) is 50.9 Å². The molecule has 3 rings (SSSR count). The zero-order valence-corrected chi connectivity index (χ0v) is 11.5. The Bertz CT molecular complexity index is 476. The Labute approximate surface area is 115 Å². The summed E-state index contributed by atoms with van der Waals surface area (Å²) in [5.41, 5.74) is 2.52. The maximum Gasteiger partial charge on any atom is 0.105 e. The summed E-state index contributed by atoms with van der Waals surface area (Å²) in [5.74, 6) is 0. The number of nitrogens with zero attached hydrogens (tertiary/aromatic N) is 2. The van der Waals surface area contributed by atoms with Gasteiger partial charge in [0.05, 0.1) is 6.07 Å². The van der Waals surface area contributed by atoms with E-state index in [1.807, 2.05) is 6.92 Å². The van der Waals surface area contributed by atoms with Crippen molar-refractivity contribution in [3.8, 4) is 6.07 Å². The average Bonchev–Trinajstić information content (AvgIpc) is 3.12. The molecule has 3 heteroatoms. The molecule has 1 aromatic rings. The summed E-state index contributed by atoms with van der Waals surface area (Å²) in [4.78, 5) is 2.44. The Morgan fingerprint density at radius 2 is 1.95 bits per heavy atom. The number of fused-ring (bicyclic) bond motifs is 1. The van der Waals surface area contributed by atoms with Crippen molar-refractivity contribution >= 4 is 0 Å². The first-order valence-corrected chi connectivity index (χ1v) is 7.17. The third kappa shape index (κ3) is 2.97. The lowest BCUT2D eigenvalue weighted by Crippen LogP contribution is -2.44. The van der Waals surface area contributed by atoms with Crippen LogP contribution in [0.1, 0.15) is 37.3 Å². The third-order valence-corrected chi connectivity index (χ3v) is 4.18. The van der Waals surface area contributed by atoms with Gasteiger partial charge in [-0.2, -0.15) is 5.26 Å². The molecule has 1 atom stereocenters. The first-order valence-electron chi connectivity index (χ1n) is 7.17. The Hall–Kier alpha value is -1.37. The summed E-state index contributed by atoms with van der Waals surface area (Å²) in [7, 11) is 0. The van der Waals surface area contributed by atoms with Crippen molar-refractivity contribution in [2.24, 2.45) is 0 Å². The standard InChI is InChI=1S/C16H21N3/c1-16(12-17,18-15-6-7-15)8-9-19-10-13-4-2-3-5-14(13)11-19/h2-5,15,18H,6-11H2,1H3. The molecule has 1 heterocycles. The molecule has 1 unspecified atom stereocenters. The molecule has 1 N–H and O–H groups in total. The van der Waals surface area contributed by atoms with Gasteiger partial charge < -0.3 is 0 Å². The Morgan fingerprint density at radius 3 is 2.47 bits per heavy atom. The zero-order chi connectivity index (χ0) is 13.3. The van der Waals surface area contributed by atoms with E-state index >= 15 is 0 Å². The highest BCUT2D eigenvalue weighted by atomic mass is 15.1. The molecule has 0 saturated heterocycles. The molecule has 19 heavy (non-hydrogen) atoms. The van der Waals surface area contributed by atoms with Gasteiger partial charge in [-0.25, -0.2) is 0 Å². The van der Waals surface area contributed by atoms with E-state index in [9.17, 15) is 5.26 Å². The Morgan fingerprint density at radius 1 is 1.32 bits per heavy atom. The summed E-state index contributed by atoms with van der Waals surface area (Å²) in [6, 6.07) is 11.7. The minimum absolute atomic E-state index is 0.365. The van der Waals surface area contributed by atoms with Crippen molar-refractivity contribution in [1.82, 2.24) is 10.2 Å². The van der Waals surface area contributed by atoms with E-state index < -0.39 is 0 Å². The number of rotatable bonds is 5. The zero-order valence-electron chi connectivity index (χ0n) is 11.5. The van der Waals surface area contributed by atoms with Gasteiger partial charge in [0.15, 0.2) is 0 Å². The van der Waals surface area contributed by atoms with Gasteiger partial charge in [0, 0.05) is 25.7 Å². The van der Waals surface area contributed by atoms with Gasteiger partial charge in [-0.3, -0.25) is 10.2 Å². The van der Waals surface area contributed by atoms with Gasteiger partial charge in [0.2, 0.25) is 0 Å². The maximum atomic E-state index is 9.38. The Balaban J connectivity index is 1.54. The monoisotopic (exact) mass is 255 g/mol. The quantitative estimate of drug-likeness (QED) is 0.878. The highest BCUT2D eigenvalue weighted by Crippen LogP contribution is 2.26. The van der Waals surface area contributed by atoms with Crippen molar-refractivity contribution < 1.29 is 0 Å². The molecule has 1 fully saturated rings. The minimum Gasteiger partial charge on any atom is -0.297 e. The predicted octanol–water partition coefficient (Wildman–Crippen LogP) is 2.43. The number of nitrogens with one attached hydrogen (secondary N) is 1. The second-order valence-corrected chi connectivity index (χ2v) is 6.09. The van der Waals surface area contributed by atoms with E-state index in [0.29, 0.717) is 6.04 Å². The van der Waals surface area contributed by atoms with Gasteiger partial charge in [-0.1, -0.05) is 24.3 Å². The molecule has 100 valence electrons. The molecule has 0 aromatic heterocycles. The van der Waals surface area contributed by atoms with E-state index in [-0.39, 0.29) is 5.54 Å². The van der Waals surface area contributed by atoms with Crippen LogP contribution in [-0.4, -0.2) is 23.0 Å². The van der Waals surface area contributed by atoms with Crippen LogP contribution < -0.4 is 5.32 Å². The lowest BCUT2D eigenvalue weighted by Gasteiger charge is -2.26. The Kier molecular flexibility index (Phi) is 3.30. The fourth-order valence-electron chi connectivity index (χ4n) is 2.78. The number of hydrogen-bond acceptors (Lipinski definition) is 3. The lowest BCUT2D eigenvalue weighted by molar-refractivity contribution is 0.250. The molecule has 0 amide bonds. The molecule has 0 bridgehead atoms. The van der Waals surface area contributed by atoms with Crippen LogP contribution in [0.2, 0.25) is 0 Å². The molecular weight excluding hydrogens is 234 g/mol. The van der Waals surface area contributed by atoms with Crippen molar-refractivity contribution in [1.29, 1.82) is 5.26 Å². The third-order valence-electron chi connectivity index (χ3n) is 4.18. The molecule has 1 saturated carbocycles. The van der Waals surface area contributed by atoms with E-state index in [0.717, 1.165) is 26.1 Å². The highest BCUT2D eigenvalue weighted by molar-refractivity contribution is 5.30. The van der Waals surface area contributed by atoms with Crippen molar-refractivity contribution in [2.75, 3.05) is 6.54 Å². The van der Waals surface area contributed by atoms with Gasteiger partial charge in [0.1, 0.15) is 5.54 Å². The minimum atomic E-state index is -0.365. The fourth-order valence-corrected chi connectivity index (χ4v) is 2.78. The second-order valence-electron chi connectivity index (χ2n) is 6.09. The summed E-state index contributed by atoms with van der Waals surface area (Å²) < 4.78 is 0. The molecule has 1 aliphatic heterocycles. The predicted molar refractivity (Wildman–Crippen MR) is 75.3 cm³/mol. The van der Waals surface area contributed by atoms with E-state index in [4.69, 9.17) is 0 Å². The summed E-state index contributed by atoms with van der Waals surface area (Å²) in [6.07, 6.45) is 3.35. The van der Waals surface area contributed by atoms with Crippen molar-refractivity contribution in [3.63, 3.8) is 0 Å². The second kappa shape index (κ2) is 4.96. The topological polar surface area (TPSA) is 39.1 Å². The van der Waals surface area contributed by atoms with Crippen LogP contribution in [0.3, 0.4) is 0 Å². The van der Waals surface area contributed by atoms with E-state index in [1.165, 1.54) is 24.0 Å². The molecule has 3 nitrogen and oxygen atoms in total. The first-order chi connectivity index (χ1) is 9.18. The molecule has 0 spiro atoms. The maximum absolute atomic E-state index is 9.38. The van der Waals surface area contributed by atoms with Crippen molar-refractivity contribution in [3.05, 3.63) is 35.4 Å².